The number of carbonyl (C=O) groups is 1. The third-order valence-corrected chi connectivity index (χ3v) is 4.92. The maximum atomic E-state index is 14.5. The molecule has 1 aliphatic rings. The minimum absolute atomic E-state index is 0.0209. The van der Waals surface area contributed by atoms with Crippen molar-refractivity contribution in [3.63, 3.8) is 0 Å². The van der Waals surface area contributed by atoms with E-state index in [0.717, 1.165) is 44.1 Å². The van der Waals surface area contributed by atoms with Crippen LogP contribution in [0.5, 0.6) is 0 Å². The van der Waals surface area contributed by atoms with Gasteiger partial charge in [-0.05, 0) is 43.5 Å². The van der Waals surface area contributed by atoms with Crippen molar-refractivity contribution in [2.24, 2.45) is 0 Å². The zero-order valence-corrected chi connectivity index (χ0v) is 15.7. The Morgan fingerprint density at radius 3 is 2.76 bits per heavy atom. The lowest BCUT2D eigenvalue weighted by molar-refractivity contribution is 0.0951. The fourth-order valence-electron chi connectivity index (χ4n) is 3.46. The standard InChI is InChI=1S/C20H21F2N5O2/c21-14-4-5-17(22)15(11-14)18-16-10-13(20(29)23-6-3-9-28)12-24-19(16)27(25-18)26-7-1-2-8-26/h4-5,10-12,28H,1-3,6-9H2,(H,23,29). The number of aliphatic hydroxyl groups is 1. The van der Waals surface area contributed by atoms with Gasteiger partial charge in [0.2, 0.25) is 0 Å². The maximum Gasteiger partial charge on any atom is 0.252 e. The lowest BCUT2D eigenvalue weighted by atomic mass is 10.1. The number of hydrogen-bond acceptors (Lipinski definition) is 5. The van der Waals surface area contributed by atoms with E-state index in [1.165, 1.54) is 6.20 Å². The first-order valence-corrected chi connectivity index (χ1v) is 9.57. The predicted molar refractivity (Wildman–Crippen MR) is 104 cm³/mol. The summed E-state index contributed by atoms with van der Waals surface area (Å²) in [5, 5.41) is 18.6. The summed E-state index contributed by atoms with van der Waals surface area (Å²) in [7, 11) is 0. The molecule has 2 aromatic heterocycles. The SMILES string of the molecule is O=C(NCCCO)c1cnc2c(c1)c(-c1cc(F)ccc1F)nn2N1CCCC1. The summed E-state index contributed by atoms with van der Waals surface area (Å²) in [5.41, 5.74) is 1.03. The molecule has 0 saturated carbocycles. The second-order valence-corrected chi connectivity index (χ2v) is 6.95. The van der Waals surface area contributed by atoms with Crippen LogP contribution >= 0.6 is 0 Å². The molecule has 7 nitrogen and oxygen atoms in total. The monoisotopic (exact) mass is 401 g/mol. The molecule has 1 aromatic carbocycles. The topological polar surface area (TPSA) is 83.3 Å². The molecular formula is C20H21F2N5O2. The Hall–Kier alpha value is -3.07. The summed E-state index contributed by atoms with van der Waals surface area (Å²) in [6, 6.07) is 4.80. The Labute approximate surface area is 165 Å². The molecule has 0 aliphatic carbocycles. The number of aromatic nitrogens is 3. The van der Waals surface area contributed by atoms with Gasteiger partial charge in [-0.15, -0.1) is 5.10 Å². The first-order valence-electron chi connectivity index (χ1n) is 9.57. The fraction of sp³-hybridized carbons (Fsp3) is 0.350. The number of aliphatic hydroxyl groups excluding tert-OH is 1. The summed E-state index contributed by atoms with van der Waals surface area (Å²) < 4.78 is 28.3. The smallest absolute Gasteiger partial charge is 0.252 e. The van der Waals surface area contributed by atoms with Crippen molar-refractivity contribution in [1.29, 1.82) is 0 Å². The van der Waals surface area contributed by atoms with Crippen LogP contribution in [0.1, 0.15) is 29.6 Å². The highest BCUT2D eigenvalue weighted by Gasteiger charge is 2.23. The highest BCUT2D eigenvalue weighted by molar-refractivity contribution is 6.00. The quantitative estimate of drug-likeness (QED) is 0.619. The van der Waals surface area contributed by atoms with Crippen molar-refractivity contribution in [2.75, 3.05) is 31.3 Å². The van der Waals surface area contributed by atoms with Crippen LogP contribution in [0.3, 0.4) is 0 Å². The van der Waals surface area contributed by atoms with Gasteiger partial charge in [0.15, 0.2) is 5.65 Å². The van der Waals surface area contributed by atoms with E-state index >= 15 is 0 Å². The first kappa shape index (κ1) is 19.3. The molecule has 0 atom stereocenters. The highest BCUT2D eigenvalue weighted by Crippen LogP contribution is 2.30. The molecule has 152 valence electrons. The van der Waals surface area contributed by atoms with Crippen molar-refractivity contribution in [1.82, 2.24) is 20.2 Å². The van der Waals surface area contributed by atoms with Gasteiger partial charge in [-0.1, -0.05) is 0 Å². The minimum Gasteiger partial charge on any atom is -0.396 e. The Balaban J connectivity index is 1.83. The largest absolute Gasteiger partial charge is 0.396 e. The van der Waals surface area contributed by atoms with Gasteiger partial charge in [-0.3, -0.25) is 9.80 Å². The van der Waals surface area contributed by atoms with Gasteiger partial charge in [0.05, 0.1) is 10.9 Å². The van der Waals surface area contributed by atoms with Gasteiger partial charge < -0.3 is 10.4 Å². The number of rotatable bonds is 6. The zero-order chi connectivity index (χ0) is 20.4. The number of nitrogens with one attached hydrogen (secondary N) is 1. The molecule has 1 amide bonds. The molecule has 1 saturated heterocycles. The number of pyridine rings is 1. The molecule has 0 unspecified atom stereocenters. The second-order valence-electron chi connectivity index (χ2n) is 6.95. The third kappa shape index (κ3) is 3.77. The molecule has 2 N–H and O–H groups in total. The number of benzene rings is 1. The molecular weight excluding hydrogens is 380 g/mol. The summed E-state index contributed by atoms with van der Waals surface area (Å²) in [4.78, 5) is 18.4. The van der Waals surface area contributed by atoms with E-state index in [4.69, 9.17) is 5.11 Å². The minimum atomic E-state index is -0.600. The summed E-state index contributed by atoms with van der Waals surface area (Å²) >= 11 is 0. The molecule has 0 spiro atoms. The molecule has 29 heavy (non-hydrogen) atoms. The molecule has 0 radical (unpaired) electrons. The predicted octanol–water partition coefficient (Wildman–Crippen LogP) is 2.22. The van der Waals surface area contributed by atoms with E-state index in [1.807, 2.05) is 5.01 Å². The third-order valence-electron chi connectivity index (χ3n) is 4.92. The number of halogens is 2. The normalized spacial score (nSPS) is 14.0. The molecule has 0 bridgehead atoms. The lowest BCUT2D eigenvalue weighted by Gasteiger charge is -2.17. The molecule has 3 aromatic rings. The van der Waals surface area contributed by atoms with Crippen LogP contribution in [0.4, 0.5) is 8.78 Å². The molecule has 1 aliphatic heterocycles. The number of fused-ring (bicyclic) bond motifs is 1. The van der Waals surface area contributed by atoms with Crippen molar-refractivity contribution in [3.05, 3.63) is 47.7 Å². The molecule has 3 heterocycles. The van der Waals surface area contributed by atoms with Crippen LogP contribution in [-0.4, -0.2) is 52.1 Å². The van der Waals surface area contributed by atoms with Crippen LogP contribution in [0, 0.1) is 11.6 Å². The van der Waals surface area contributed by atoms with Crippen molar-refractivity contribution in [3.8, 4) is 11.3 Å². The maximum absolute atomic E-state index is 14.5. The van der Waals surface area contributed by atoms with E-state index in [9.17, 15) is 13.6 Å². The first-order chi connectivity index (χ1) is 14.1. The second kappa shape index (κ2) is 8.12. The number of carbonyl (C=O) groups excluding carboxylic acids is 1. The number of nitrogens with zero attached hydrogens (tertiary/aromatic N) is 4. The van der Waals surface area contributed by atoms with Crippen LogP contribution in [-0.2, 0) is 0 Å². The van der Waals surface area contributed by atoms with Crippen LogP contribution in [0.15, 0.2) is 30.5 Å². The van der Waals surface area contributed by atoms with Crippen LogP contribution < -0.4 is 10.3 Å². The van der Waals surface area contributed by atoms with Gasteiger partial charge in [0.1, 0.15) is 17.3 Å². The van der Waals surface area contributed by atoms with Crippen molar-refractivity contribution in [2.45, 2.75) is 19.3 Å². The van der Waals surface area contributed by atoms with E-state index in [1.54, 1.807) is 10.9 Å². The van der Waals surface area contributed by atoms with Gasteiger partial charge >= 0.3 is 0 Å². The summed E-state index contributed by atoms with van der Waals surface area (Å²) in [6.07, 6.45) is 3.90. The average molecular weight is 401 g/mol. The van der Waals surface area contributed by atoms with E-state index in [0.29, 0.717) is 24.0 Å². The average Bonchev–Trinajstić information content (AvgIpc) is 3.37. The van der Waals surface area contributed by atoms with Gasteiger partial charge in [-0.2, -0.15) is 4.79 Å². The summed E-state index contributed by atoms with van der Waals surface area (Å²) in [5.74, 6) is -1.53. The molecule has 1 fully saturated rings. The van der Waals surface area contributed by atoms with Gasteiger partial charge in [-0.25, -0.2) is 13.8 Å². The van der Waals surface area contributed by atoms with Gasteiger partial charge in [0, 0.05) is 38.0 Å². The van der Waals surface area contributed by atoms with E-state index < -0.39 is 11.6 Å². The highest BCUT2D eigenvalue weighted by atomic mass is 19.1. The number of hydrogen-bond donors (Lipinski definition) is 2. The molecule has 9 heteroatoms. The van der Waals surface area contributed by atoms with Gasteiger partial charge in [0.25, 0.3) is 5.91 Å². The Morgan fingerprint density at radius 2 is 2.00 bits per heavy atom. The van der Waals surface area contributed by atoms with E-state index in [-0.39, 0.29) is 29.3 Å². The van der Waals surface area contributed by atoms with Crippen LogP contribution in [0.2, 0.25) is 0 Å². The Kier molecular flexibility index (Phi) is 5.39. The van der Waals surface area contributed by atoms with Crippen LogP contribution in [0.25, 0.3) is 22.3 Å². The Morgan fingerprint density at radius 1 is 1.21 bits per heavy atom. The Bertz CT molecular complexity index is 1050. The van der Waals surface area contributed by atoms with E-state index in [2.05, 4.69) is 15.4 Å². The number of amides is 1. The lowest BCUT2D eigenvalue weighted by Crippen LogP contribution is -2.32. The zero-order valence-electron chi connectivity index (χ0n) is 15.7. The van der Waals surface area contributed by atoms with Crippen molar-refractivity contribution >= 4 is 16.9 Å². The fourth-order valence-corrected chi connectivity index (χ4v) is 3.46. The molecule has 4 rings (SSSR count). The van der Waals surface area contributed by atoms with Crippen molar-refractivity contribution < 1.29 is 18.7 Å². The summed E-state index contributed by atoms with van der Waals surface area (Å²) in [6.45, 7) is 1.87.